The van der Waals surface area contributed by atoms with Gasteiger partial charge in [0.25, 0.3) is 0 Å². The number of fused-ring (bicyclic) bond motifs is 1. The molecule has 4 atom stereocenters. The quantitative estimate of drug-likeness (QED) is 0.690. The first-order valence-corrected chi connectivity index (χ1v) is 10.4. The van der Waals surface area contributed by atoms with E-state index in [-0.39, 0.29) is 6.04 Å². The van der Waals surface area contributed by atoms with Gasteiger partial charge in [-0.1, -0.05) is 11.6 Å². The Bertz CT molecular complexity index is 689. The van der Waals surface area contributed by atoms with Crippen molar-refractivity contribution in [3.63, 3.8) is 0 Å². The van der Waals surface area contributed by atoms with E-state index >= 15 is 0 Å². The number of morpholine rings is 1. The average molecular weight is 371 g/mol. The fourth-order valence-electron chi connectivity index (χ4n) is 5.19. The molecule has 5 rings (SSSR count). The normalized spacial score (nSPS) is 34.2. The molecular formula is C20H30N6O. The highest BCUT2D eigenvalue weighted by atomic mass is 16.5. The maximum Gasteiger partial charge on any atom is 0.132 e. The van der Waals surface area contributed by atoms with Crippen molar-refractivity contribution in [3.05, 3.63) is 29.7 Å². The molecule has 4 unspecified atom stereocenters. The molecule has 1 aromatic heterocycles. The van der Waals surface area contributed by atoms with Crippen LogP contribution >= 0.6 is 0 Å². The van der Waals surface area contributed by atoms with E-state index in [0.29, 0.717) is 12.0 Å². The lowest BCUT2D eigenvalue weighted by atomic mass is 9.72. The van der Waals surface area contributed by atoms with E-state index < -0.39 is 0 Å². The molecule has 0 spiro atoms. The van der Waals surface area contributed by atoms with Crippen LogP contribution in [0.4, 0.5) is 5.82 Å². The van der Waals surface area contributed by atoms with Crippen LogP contribution in [0.3, 0.4) is 0 Å². The van der Waals surface area contributed by atoms with Crippen molar-refractivity contribution >= 4 is 5.82 Å². The molecule has 0 bridgehead atoms. The molecule has 7 heteroatoms. The van der Waals surface area contributed by atoms with Gasteiger partial charge in [0.15, 0.2) is 0 Å². The molecule has 4 aliphatic rings. The zero-order valence-electron chi connectivity index (χ0n) is 15.9. The Labute approximate surface area is 160 Å². The van der Waals surface area contributed by atoms with Crippen LogP contribution in [0.15, 0.2) is 24.0 Å². The van der Waals surface area contributed by atoms with Gasteiger partial charge in [-0.15, -0.1) is 0 Å². The fourth-order valence-corrected chi connectivity index (χ4v) is 5.19. The summed E-state index contributed by atoms with van der Waals surface area (Å²) in [5.74, 6) is 2.35. The minimum atomic E-state index is 0.267. The second-order valence-electron chi connectivity index (χ2n) is 8.18. The Hall–Kier alpha value is -1.54. The maximum atomic E-state index is 5.47. The van der Waals surface area contributed by atoms with Crippen molar-refractivity contribution in [1.82, 2.24) is 26.1 Å². The first-order valence-electron chi connectivity index (χ1n) is 10.4. The highest BCUT2D eigenvalue weighted by molar-refractivity contribution is 5.40. The third-order valence-corrected chi connectivity index (χ3v) is 6.70. The summed E-state index contributed by atoms with van der Waals surface area (Å²) in [7, 11) is 0. The van der Waals surface area contributed by atoms with Crippen LogP contribution in [0.2, 0.25) is 0 Å². The third-order valence-electron chi connectivity index (χ3n) is 6.70. The van der Waals surface area contributed by atoms with Crippen LogP contribution < -0.4 is 21.1 Å². The van der Waals surface area contributed by atoms with Crippen LogP contribution in [0.25, 0.3) is 0 Å². The molecule has 1 aliphatic carbocycles. The molecule has 0 aromatic carbocycles. The van der Waals surface area contributed by atoms with Crippen molar-refractivity contribution < 1.29 is 4.74 Å². The predicted molar refractivity (Wildman–Crippen MR) is 104 cm³/mol. The van der Waals surface area contributed by atoms with E-state index in [1.807, 2.05) is 0 Å². The molecule has 146 valence electrons. The molecule has 27 heavy (non-hydrogen) atoms. The Balaban J connectivity index is 1.33. The van der Waals surface area contributed by atoms with Crippen LogP contribution in [-0.2, 0) is 4.74 Å². The first kappa shape index (κ1) is 17.6. The highest BCUT2D eigenvalue weighted by Crippen LogP contribution is 2.43. The number of nitrogens with zero attached hydrogens (tertiary/aromatic N) is 3. The van der Waals surface area contributed by atoms with E-state index in [1.165, 1.54) is 25.7 Å². The maximum absolute atomic E-state index is 5.47. The predicted octanol–water partition coefficient (Wildman–Crippen LogP) is 1.17. The van der Waals surface area contributed by atoms with E-state index in [9.17, 15) is 0 Å². The molecule has 3 aliphatic heterocycles. The standard InChI is InChI=1S/C20H30N6O/c1-2-17-16(11-15(1)14-3-5-21-6-4-14)20(25-24-17)18-12-19(23-13-22-18)26-7-9-27-10-8-26/h3,12-13,15-17,20-21,24-25H,1-2,4-11H2. The lowest BCUT2D eigenvalue weighted by Gasteiger charge is -2.35. The summed E-state index contributed by atoms with van der Waals surface area (Å²) < 4.78 is 5.47. The molecule has 2 saturated heterocycles. The van der Waals surface area contributed by atoms with Crippen molar-refractivity contribution in [2.24, 2.45) is 11.8 Å². The number of rotatable bonds is 3. The Kier molecular flexibility index (Phi) is 5.09. The van der Waals surface area contributed by atoms with Gasteiger partial charge in [0, 0.05) is 31.7 Å². The van der Waals surface area contributed by atoms with Gasteiger partial charge in [-0.05, 0) is 44.1 Å². The number of hydrazine groups is 1. The Morgan fingerprint density at radius 3 is 2.89 bits per heavy atom. The van der Waals surface area contributed by atoms with Gasteiger partial charge in [0.1, 0.15) is 12.1 Å². The molecule has 7 nitrogen and oxygen atoms in total. The number of hydrogen-bond donors (Lipinski definition) is 3. The van der Waals surface area contributed by atoms with Gasteiger partial charge in [0.2, 0.25) is 0 Å². The number of aromatic nitrogens is 2. The van der Waals surface area contributed by atoms with Crippen molar-refractivity contribution in [2.75, 3.05) is 44.3 Å². The summed E-state index contributed by atoms with van der Waals surface area (Å²) in [6, 6.07) is 3.00. The minimum absolute atomic E-state index is 0.267. The molecule has 4 heterocycles. The van der Waals surface area contributed by atoms with E-state index in [2.05, 4.69) is 43.2 Å². The van der Waals surface area contributed by atoms with Crippen molar-refractivity contribution in [3.8, 4) is 0 Å². The average Bonchev–Trinajstić information content (AvgIpc) is 3.18. The summed E-state index contributed by atoms with van der Waals surface area (Å²) >= 11 is 0. The SMILES string of the molecule is C1=C(C2CCC3NNC(c4cc(N5CCOCC5)ncn4)C3C2)CCNC1. The van der Waals surface area contributed by atoms with Crippen molar-refractivity contribution in [1.29, 1.82) is 0 Å². The van der Waals surface area contributed by atoms with Gasteiger partial charge >= 0.3 is 0 Å². The van der Waals surface area contributed by atoms with E-state index in [0.717, 1.165) is 56.8 Å². The molecule has 3 N–H and O–H groups in total. The van der Waals surface area contributed by atoms with Gasteiger partial charge in [-0.3, -0.25) is 5.43 Å². The van der Waals surface area contributed by atoms with Crippen LogP contribution in [0.5, 0.6) is 0 Å². The van der Waals surface area contributed by atoms with Gasteiger partial charge in [-0.2, -0.15) is 0 Å². The van der Waals surface area contributed by atoms with E-state index in [1.54, 1.807) is 11.9 Å². The van der Waals surface area contributed by atoms with Gasteiger partial charge in [-0.25, -0.2) is 15.4 Å². The molecule has 1 saturated carbocycles. The molecule has 0 amide bonds. The van der Waals surface area contributed by atoms with Gasteiger partial charge in [0.05, 0.1) is 24.9 Å². The third kappa shape index (κ3) is 3.61. The van der Waals surface area contributed by atoms with Crippen LogP contribution in [0, 0.1) is 11.8 Å². The topological polar surface area (TPSA) is 74.3 Å². The molecule has 1 aromatic rings. The largest absolute Gasteiger partial charge is 0.378 e. The van der Waals surface area contributed by atoms with Crippen LogP contribution in [0.1, 0.15) is 37.4 Å². The summed E-state index contributed by atoms with van der Waals surface area (Å²) in [5.41, 5.74) is 9.90. The minimum Gasteiger partial charge on any atom is -0.378 e. The molecule has 3 fully saturated rings. The second kappa shape index (κ2) is 7.83. The zero-order chi connectivity index (χ0) is 18.1. The lowest BCUT2D eigenvalue weighted by molar-refractivity contribution is 0.122. The lowest BCUT2D eigenvalue weighted by Crippen LogP contribution is -2.37. The smallest absolute Gasteiger partial charge is 0.132 e. The highest BCUT2D eigenvalue weighted by Gasteiger charge is 2.42. The Morgan fingerprint density at radius 2 is 2.04 bits per heavy atom. The summed E-state index contributed by atoms with van der Waals surface area (Å²) in [6.07, 6.45) is 9.16. The number of nitrogens with one attached hydrogen (secondary N) is 3. The second-order valence-corrected chi connectivity index (χ2v) is 8.18. The zero-order valence-corrected chi connectivity index (χ0v) is 15.9. The molecule has 0 radical (unpaired) electrons. The number of anilines is 1. The van der Waals surface area contributed by atoms with Gasteiger partial charge < -0.3 is 15.0 Å². The fraction of sp³-hybridized carbons (Fsp3) is 0.700. The van der Waals surface area contributed by atoms with Crippen molar-refractivity contribution in [2.45, 2.75) is 37.8 Å². The summed E-state index contributed by atoms with van der Waals surface area (Å²) in [5, 5.41) is 3.44. The Morgan fingerprint density at radius 1 is 1.11 bits per heavy atom. The number of ether oxygens (including phenoxy) is 1. The molecular weight excluding hydrogens is 340 g/mol. The van der Waals surface area contributed by atoms with E-state index in [4.69, 9.17) is 4.74 Å². The monoisotopic (exact) mass is 370 g/mol. The number of hydrogen-bond acceptors (Lipinski definition) is 7. The summed E-state index contributed by atoms with van der Waals surface area (Å²) in [4.78, 5) is 11.5. The first-order chi connectivity index (χ1) is 13.4. The summed E-state index contributed by atoms with van der Waals surface area (Å²) in [6.45, 7) is 5.53. The van der Waals surface area contributed by atoms with Crippen LogP contribution in [-0.4, -0.2) is 55.4 Å².